The van der Waals surface area contributed by atoms with Crippen LogP contribution in [-0.4, -0.2) is 21.7 Å². The van der Waals surface area contributed by atoms with Crippen molar-refractivity contribution in [2.75, 3.05) is 0 Å². The Hall–Kier alpha value is -1.36. The molecule has 5 nitrogen and oxygen atoms in total. The van der Waals surface area contributed by atoms with E-state index in [1.54, 1.807) is 4.68 Å². The maximum atomic E-state index is 11.0. The van der Waals surface area contributed by atoms with Crippen LogP contribution in [0.3, 0.4) is 0 Å². The van der Waals surface area contributed by atoms with Crippen molar-refractivity contribution in [2.45, 2.75) is 38.3 Å². The van der Waals surface area contributed by atoms with Gasteiger partial charge >= 0.3 is 0 Å². The second-order valence-corrected chi connectivity index (χ2v) is 4.81. The van der Waals surface area contributed by atoms with Gasteiger partial charge in [-0.3, -0.25) is 9.48 Å². The highest BCUT2D eigenvalue weighted by Gasteiger charge is 2.24. The number of aryl methyl sites for hydroxylation is 1. The summed E-state index contributed by atoms with van der Waals surface area (Å²) in [7, 11) is 1.92. The van der Waals surface area contributed by atoms with E-state index >= 15 is 0 Å². The van der Waals surface area contributed by atoms with Gasteiger partial charge < -0.3 is 11.1 Å². The Labute approximate surface area is 101 Å². The van der Waals surface area contributed by atoms with E-state index in [9.17, 15) is 4.79 Å². The van der Waals surface area contributed by atoms with Crippen molar-refractivity contribution in [1.82, 2.24) is 15.1 Å². The Balaban J connectivity index is 1.73. The maximum Gasteiger partial charge on any atom is 0.220 e. The molecule has 0 atom stereocenters. The molecule has 0 aromatic carbocycles. The standard InChI is InChI=1S/C12H20N4O/c1-16-7-6-11(15-16)8-14-10-4-2-9(3-5-10)12(13)17/h6-7,9-10,14H,2-5,8H2,1H3,(H2,13,17). The summed E-state index contributed by atoms with van der Waals surface area (Å²) in [6, 6.07) is 2.51. The third-order valence-corrected chi connectivity index (χ3v) is 3.47. The minimum Gasteiger partial charge on any atom is -0.369 e. The number of amides is 1. The Morgan fingerprint density at radius 1 is 1.53 bits per heavy atom. The Kier molecular flexibility index (Phi) is 3.78. The molecule has 17 heavy (non-hydrogen) atoms. The molecule has 1 heterocycles. The van der Waals surface area contributed by atoms with Gasteiger partial charge in [-0.1, -0.05) is 0 Å². The molecule has 0 saturated heterocycles. The minimum atomic E-state index is -0.145. The van der Waals surface area contributed by atoms with Crippen molar-refractivity contribution in [1.29, 1.82) is 0 Å². The summed E-state index contributed by atoms with van der Waals surface area (Å²) in [5.41, 5.74) is 6.37. The predicted molar refractivity (Wildman–Crippen MR) is 65.0 cm³/mol. The van der Waals surface area contributed by atoms with Crippen molar-refractivity contribution in [3.8, 4) is 0 Å². The number of rotatable bonds is 4. The number of nitrogens with two attached hydrogens (primary N) is 1. The second-order valence-electron chi connectivity index (χ2n) is 4.81. The number of hydrogen-bond donors (Lipinski definition) is 2. The van der Waals surface area contributed by atoms with Crippen LogP contribution in [0.1, 0.15) is 31.4 Å². The fourth-order valence-corrected chi connectivity index (χ4v) is 2.39. The van der Waals surface area contributed by atoms with Crippen molar-refractivity contribution >= 4 is 5.91 Å². The molecule has 1 aliphatic rings. The molecule has 0 radical (unpaired) electrons. The van der Waals surface area contributed by atoms with Crippen LogP contribution in [0.2, 0.25) is 0 Å². The Bertz CT molecular complexity index is 380. The monoisotopic (exact) mass is 236 g/mol. The third kappa shape index (κ3) is 3.30. The average Bonchev–Trinajstić information content (AvgIpc) is 2.73. The van der Waals surface area contributed by atoms with Gasteiger partial charge in [-0.05, 0) is 31.7 Å². The molecular weight excluding hydrogens is 216 g/mol. The average molecular weight is 236 g/mol. The number of primary amides is 1. The summed E-state index contributed by atoms with van der Waals surface area (Å²) < 4.78 is 1.81. The fraction of sp³-hybridized carbons (Fsp3) is 0.667. The van der Waals surface area contributed by atoms with E-state index in [4.69, 9.17) is 5.73 Å². The highest BCUT2D eigenvalue weighted by molar-refractivity contribution is 5.76. The summed E-state index contributed by atoms with van der Waals surface area (Å²) >= 11 is 0. The molecule has 0 bridgehead atoms. The van der Waals surface area contributed by atoms with Crippen LogP contribution in [0.5, 0.6) is 0 Å². The lowest BCUT2D eigenvalue weighted by atomic mass is 9.85. The van der Waals surface area contributed by atoms with Gasteiger partial charge in [-0.25, -0.2) is 0 Å². The molecule has 1 fully saturated rings. The number of nitrogens with zero attached hydrogens (tertiary/aromatic N) is 2. The van der Waals surface area contributed by atoms with E-state index in [2.05, 4.69) is 10.4 Å². The van der Waals surface area contributed by atoms with E-state index in [-0.39, 0.29) is 11.8 Å². The van der Waals surface area contributed by atoms with Gasteiger partial charge in [-0.2, -0.15) is 5.10 Å². The van der Waals surface area contributed by atoms with Crippen LogP contribution in [0.4, 0.5) is 0 Å². The van der Waals surface area contributed by atoms with Crippen LogP contribution in [0, 0.1) is 5.92 Å². The second kappa shape index (κ2) is 5.31. The van der Waals surface area contributed by atoms with Crippen LogP contribution in [0.25, 0.3) is 0 Å². The Morgan fingerprint density at radius 2 is 2.24 bits per heavy atom. The third-order valence-electron chi connectivity index (χ3n) is 3.47. The zero-order valence-electron chi connectivity index (χ0n) is 10.2. The van der Waals surface area contributed by atoms with Gasteiger partial charge in [0.15, 0.2) is 0 Å². The maximum absolute atomic E-state index is 11.0. The normalized spacial score (nSPS) is 24.8. The number of aromatic nitrogens is 2. The summed E-state index contributed by atoms with van der Waals surface area (Å²) in [4.78, 5) is 11.0. The topological polar surface area (TPSA) is 72.9 Å². The first kappa shape index (κ1) is 12.1. The van der Waals surface area contributed by atoms with Crippen molar-refractivity contribution < 1.29 is 4.79 Å². The van der Waals surface area contributed by atoms with E-state index in [1.165, 1.54) is 0 Å². The molecular formula is C12H20N4O. The minimum absolute atomic E-state index is 0.0860. The number of hydrogen-bond acceptors (Lipinski definition) is 3. The molecule has 5 heteroatoms. The molecule has 1 saturated carbocycles. The first-order valence-corrected chi connectivity index (χ1v) is 6.16. The first-order chi connectivity index (χ1) is 8.15. The molecule has 1 aromatic rings. The van der Waals surface area contributed by atoms with Gasteiger partial charge in [-0.15, -0.1) is 0 Å². The molecule has 3 N–H and O–H groups in total. The lowest BCUT2D eigenvalue weighted by Crippen LogP contribution is -2.36. The summed E-state index contributed by atoms with van der Waals surface area (Å²) in [6.07, 6.45) is 5.83. The van der Waals surface area contributed by atoms with Gasteiger partial charge in [0.25, 0.3) is 0 Å². The Morgan fingerprint density at radius 3 is 2.76 bits per heavy atom. The van der Waals surface area contributed by atoms with Crippen LogP contribution in [0.15, 0.2) is 12.3 Å². The summed E-state index contributed by atoms with van der Waals surface area (Å²) in [6.45, 7) is 0.798. The zero-order valence-corrected chi connectivity index (χ0v) is 10.2. The van der Waals surface area contributed by atoms with E-state index in [0.717, 1.165) is 37.9 Å². The van der Waals surface area contributed by atoms with Gasteiger partial charge in [0.1, 0.15) is 0 Å². The molecule has 94 valence electrons. The number of nitrogens with one attached hydrogen (secondary N) is 1. The van der Waals surface area contributed by atoms with Crippen molar-refractivity contribution in [3.05, 3.63) is 18.0 Å². The van der Waals surface area contributed by atoms with Crippen molar-refractivity contribution in [3.63, 3.8) is 0 Å². The molecule has 1 aromatic heterocycles. The lowest BCUT2D eigenvalue weighted by molar-refractivity contribution is -0.122. The van der Waals surface area contributed by atoms with Crippen molar-refractivity contribution in [2.24, 2.45) is 18.7 Å². The summed E-state index contributed by atoms with van der Waals surface area (Å²) in [5, 5.41) is 7.80. The van der Waals surface area contributed by atoms with E-state index in [1.807, 2.05) is 19.3 Å². The molecule has 0 spiro atoms. The predicted octanol–water partition coefficient (Wildman–Crippen LogP) is 0.554. The van der Waals surface area contributed by atoms with E-state index < -0.39 is 0 Å². The van der Waals surface area contributed by atoms with Gasteiger partial charge in [0, 0.05) is 31.7 Å². The molecule has 2 rings (SSSR count). The molecule has 0 aliphatic heterocycles. The van der Waals surface area contributed by atoms with Crippen LogP contribution < -0.4 is 11.1 Å². The number of carbonyl (C=O) groups is 1. The zero-order chi connectivity index (χ0) is 12.3. The van der Waals surface area contributed by atoms with E-state index in [0.29, 0.717) is 6.04 Å². The molecule has 0 unspecified atom stereocenters. The smallest absolute Gasteiger partial charge is 0.220 e. The lowest BCUT2D eigenvalue weighted by Gasteiger charge is -2.27. The number of carbonyl (C=O) groups excluding carboxylic acids is 1. The highest BCUT2D eigenvalue weighted by Crippen LogP contribution is 2.23. The first-order valence-electron chi connectivity index (χ1n) is 6.16. The largest absolute Gasteiger partial charge is 0.369 e. The fourth-order valence-electron chi connectivity index (χ4n) is 2.39. The molecule has 1 aliphatic carbocycles. The molecule has 1 amide bonds. The van der Waals surface area contributed by atoms with Crippen LogP contribution in [-0.2, 0) is 18.4 Å². The SMILES string of the molecule is Cn1ccc(CNC2CCC(C(N)=O)CC2)n1. The van der Waals surface area contributed by atoms with Crippen LogP contribution >= 0.6 is 0 Å². The summed E-state index contributed by atoms with van der Waals surface area (Å²) in [5.74, 6) is -0.0592. The van der Waals surface area contributed by atoms with Gasteiger partial charge in [0.05, 0.1) is 5.69 Å². The highest BCUT2D eigenvalue weighted by atomic mass is 16.1. The van der Waals surface area contributed by atoms with Gasteiger partial charge in [0.2, 0.25) is 5.91 Å². The quantitative estimate of drug-likeness (QED) is 0.802.